The summed E-state index contributed by atoms with van der Waals surface area (Å²) < 4.78 is 7.70. The van der Waals surface area contributed by atoms with Crippen LogP contribution in [0.15, 0.2) is 60.9 Å². The van der Waals surface area contributed by atoms with Crippen LogP contribution in [0.2, 0.25) is 0 Å². The first-order chi connectivity index (χ1) is 15.5. The van der Waals surface area contributed by atoms with Crippen LogP contribution < -0.4 is 10.5 Å². The summed E-state index contributed by atoms with van der Waals surface area (Å²) in [6, 6.07) is 16.9. The van der Waals surface area contributed by atoms with E-state index in [1.54, 1.807) is 48.3 Å². The molecule has 0 bridgehead atoms. The quantitative estimate of drug-likeness (QED) is 0.483. The molecule has 2 aromatic carbocycles. The minimum atomic E-state index is -0.812. The lowest BCUT2D eigenvalue weighted by Gasteiger charge is -2.13. The Bertz CT molecular complexity index is 1310. The van der Waals surface area contributed by atoms with Crippen LogP contribution in [0.25, 0.3) is 16.9 Å². The summed E-state index contributed by atoms with van der Waals surface area (Å²) in [6.45, 7) is 3.91. The lowest BCUT2D eigenvalue weighted by Crippen LogP contribution is -2.10. The molecule has 0 amide bonds. The first-order valence-corrected chi connectivity index (χ1v) is 10.0. The number of aryl methyl sites for hydroxylation is 2. The summed E-state index contributed by atoms with van der Waals surface area (Å²) in [7, 11) is 0. The molecule has 1 unspecified atom stereocenters. The highest BCUT2D eigenvalue weighted by Crippen LogP contribution is 2.31. The van der Waals surface area contributed by atoms with Crippen LogP contribution >= 0.6 is 0 Å². The summed E-state index contributed by atoms with van der Waals surface area (Å²) in [5.41, 5.74) is 9.97. The van der Waals surface area contributed by atoms with Crippen molar-refractivity contribution in [1.29, 1.82) is 5.26 Å². The van der Waals surface area contributed by atoms with E-state index in [2.05, 4.69) is 21.1 Å². The van der Waals surface area contributed by atoms with E-state index in [0.717, 1.165) is 16.8 Å². The minimum Gasteiger partial charge on any atom is -0.437 e. The molecule has 0 fully saturated rings. The zero-order valence-corrected chi connectivity index (χ0v) is 17.7. The molecule has 0 radical (unpaired) electrons. The smallest absolute Gasteiger partial charge is 0.223 e. The predicted molar refractivity (Wildman–Crippen MR) is 119 cm³/mol. The van der Waals surface area contributed by atoms with Crippen LogP contribution in [-0.4, -0.2) is 31.4 Å². The third kappa shape index (κ3) is 4.49. The molecule has 0 spiro atoms. The van der Waals surface area contributed by atoms with Crippen molar-refractivity contribution in [2.75, 3.05) is 6.54 Å². The SMILES string of the molecule is Cc1cccc(-c2cc(Oc3cc(C#N)ccc3-n3cc(C(O)CN)cn3)nc(C)n2)c1. The third-order valence-electron chi connectivity index (χ3n) is 4.89. The van der Waals surface area contributed by atoms with Gasteiger partial charge in [0.25, 0.3) is 0 Å². The Hall–Kier alpha value is -4.06. The monoisotopic (exact) mass is 426 g/mol. The lowest BCUT2D eigenvalue weighted by molar-refractivity contribution is 0.186. The summed E-state index contributed by atoms with van der Waals surface area (Å²) in [6.07, 6.45) is 2.41. The van der Waals surface area contributed by atoms with E-state index in [-0.39, 0.29) is 6.54 Å². The molecule has 0 saturated heterocycles. The number of rotatable bonds is 6. The Kier molecular flexibility index (Phi) is 5.94. The van der Waals surface area contributed by atoms with Gasteiger partial charge in [-0.2, -0.15) is 15.3 Å². The van der Waals surface area contributed by atoms with Crippen molar-refractivity contribution >= 4 is 0 Å². The van der Waals surface area contributed by atoms with Gasteiger partial charge in [-0.05, 0) is 32.0 Å². The minimum absolute atomic E-state index is 0.0877. The van der Waals surface area contributed by atoms with Gasteiger partial charge >= 0.3 is 0 Å². The maximum absolute atomic E-state index is 10.00. The summed E-state index contributed by atoms with van der Waals surface area (Å²) in [4.78, 5) is 8.94. The van der Waals surface area contributed by atoms with Gasteiger partial charge in [-0.25, -0.2) is 9.67 Å². The lowest BCUT2D eigenvalue weighted by atomic mass is 10.1. The summed E-state index contributed by atoms with van der Waals surface area (Å²) in [5, 5.41) is 23.7. The van der Waals surface area contributed by atoms with Gasteiger partial charge < -0.3 is 15.6 Å². The number of hydrogen-bond acceptors (Lipinski definition) is 7. The van der Waals surface area contributed by atoms with Crippen molar-refractivity contribution in [1.82, 2.24) is 19.7 Å². The van der Waals surface area contributed by atoms with Gasteiger partial charge in [0.1, 0.15) is 11.5 Å². The molecule has 2 heterocycles. The average molecular weight is 426 g/mol. The maximum Gasteiger partial charge on any atom is 0.223 e. The molecule has 0 saturated carbocycles. The Balaban J connectivity index is 1.74. The van der Waals surface area contributed by atoms with Crippen LogP contribution in [-0.2, 0) is 0 Å². The molecular weight excluding hydrogens is 404 g/mol. The number of nitriles is 1. The fraction of sp³-hybridized carbons (Fsp3) is 0.167. The molecule has 0 aliphatic rings. The second-order valence-corrected chi connectivity index (χ2v) is 7.37. The Morgan fingerprint density at radius 1 is 1.16 bits per heavy atom. The largest absolute Gasteiger partial charge is 0.437 e. The molecule has 4 rings (SSSR count). The molecule has 0 aliphatic heterocycles. The number of hydrogen-bond donors (Lipinski definition) is 2. The van der Waals surface area contributed by atoms with Gasteiger partial charge in [-0.15, -0.1) is 0 Å². The molecule has 1 atom stereocenters. The number of aromatic nitrogens is 4. The fourth-order valence-electron chi connectivity index (χ4n) is 3.29. The van der Waals surface area contributed by atoms with Crippen molar-refractivity contribution < 1.29 is 9.84 Å². The normalized spacial score (nSPS) is 11.7. The summed E-state index contributed by atoms with van der Waals surface area (Å²) >= 11 is 0. The van der Waals surface area contributed by atoms with Crippen molar-refractivity contribution in [3.8, 4) is 34.6 Å². The van der Waals surface area contributed by atoms with E-state index in [1.807, 2.05) is 31.2 Å². The number of aliphatic hydroxyl groups is 1. The van der Waals surface area contributed by atoms with E-state index in [4.69, 9.17) is 10.5 Å². The molecule has 2 aromatic heterocycles. The number of nitrogens with two attached hydrogens (primary N) is 1. The molecule has 160 valence electrons. The third-order valence-corrected chi connectivity index (χ3v) is 4.89. The Morgan fingerprint density at radius 2 is 2.00 bits per heavy atom. The molecule has 4 aromatic rings. The van der Waals surface area contributed by atoms with Crippen LogP contribution in [0.5, 0.6) is 11.6 Å². The molecule has 3 N–H and O–H groups in total. The standard InChI is InChI=1S/C24H22N6O2/c1-15-4-3-5-18(8-15)20-10-24(29-16(2)28-20)32-23-9-17(11-25)6-7-21(23)30-14-19(13-27-30)22(31)12-26/h3-10,13-14,22,31H,12,26H2,1-2H3. The first-order valence-electron chi connectivity index (χ1n) is 10.0. The van der Waals surface area contributed by atoms with Gasteiger partial charge in [0, 0.05) is 36.0 Å². The van der Waals surface area contributed by atoms with Gasteiger partial charge in [-0.1, -0.05) is 23.8 Å². The molecular formula is C24H22N6O2. The highest BCUT2D eigenvalue weighted by Gasteiger charge is 2.15. The number of aliphatic hydroxyl groups excluding tert-OH is 1. The second-order valence-electron chi connectivity index (χ2n) is 7.37. The van der Waals surface area contributed by atoms with Crippen molar-refractivity contribution in [3.63, 3.8) is 0 Å². The number of benzene rings is 2. The topological polar surface area (TPSA) is 123 Å². The van der Waals surface area contributed by atoms with Crippen molar-refractivity contribution in [3.05, 3.63) is 83.4 Å². The van der Waals surface area contributed by atoms with Crippen LogP contribution in [0.3, 0.4) is 0 Å². The van der Waals surface area contributed by atoms with Crippen LogP contribution in [0.4, 0.5) is 0 Å². The van der Waals surface area contributed by atoms with Gasteiger partial charge in [0.05, 0.1) is 29.6 Å². The highest BCUT2D eigenvalue weighted by atomic mass is 16.5. The zero-order valence-electron chi connectivity index (χ0n) is 17.7. The number of ether oxygens (including phenoxy) is 1. The van der Waals surface area contributed by atoms with Crippen LogP contribution in [0, 0.1) is 25.2 Å². The second kappa shape index (κ2) is 8.98. The van der Waals surface area contributed by atoms with Gasteiger partial charge in [0.2, 0.25) is 5.88 Å². The van der Waals surface area contributed by atoms with E-state index in [1.165, 1.54) is 0 Å². The van der Waals surface area contributed by atoms with Gasteiger partial charge in [-0.3, -0.25) is 0 Å². The molecule has 32 heavy (non-hydrogen) atoms. The molecule has 8 heteroatoms. The Labute approximate surface area is 185 Å². The van der Waals surface area contributed by atoms with Crippen molar-refractivity contribution in [2.24, 2.45) is 5.73 Å². The average Bonchev–Trinajstić information content (AvgIpc) is 3.28. The highest BCUT2D eigenvalue weighted by molar-refractivity contribution is 5.61. The molecule has 0 aliphatic carbocycles. The first kappa shape index (κ1) is 21.2. The van der Waals surface area contributed by atoms with E-state index >= 15 is 0 Å². The van der Waals surface area contributed by atoms with E-state index < -0.39 is 6.10 Å². The Morgan fingerprint density at radius 3 is 2.75 bits per heavy atom. The molecule has 8 nitrogen and oxygen atoms in total. The predicted octanol–water partition coefficient (Wildman–Crippen LogP) is 3.60. The van der Waals surface area contributed by atoms with E-state index in [9.17, 15) is 10.4 Å². The van der Waals surface area contributed by atoms with Crippen molar-refractivity contribution in [2.45, 2.75) is 20.0 Å². The maximum atomic E-state index is 10.00. The van der Waals surface area contributed by atoms with E-state index in [0.29, 0.717) is 34.3 Å². The fourth-order valence-corrected chi connectivity index (χ4v) is 3.29. The summed E-state index contributed by atoms with van der Waals surface area (Å²) in [5.74, 6) is 1.30. The zero-order chi connectivity index (χ0) is 22.7. The number of nitrogens with zero attached hydrogens (tertiary/aromatic N) is 5. The van der Waals surface area contributed by atoms with Gasteiger partial charge in [0.15, 0.2) is 5.75 Å². The van der Waals surface area contributed by atoms with Crippen LogP contribution in [0.1, 0.15) is 28.6 Å².